The molecule has 0 saturated carbocycles. The Bertz CT molecular complexity index is 606. The summed E-state index contributed by atoms with van der Waals surface area (Å²) < 4.78 is 1.24. The van der Waals surface area contributed by atoms with Crippen LogP contribution in [0, 0.1) is 0 Å². The van der Waals surface area contributed by atoms with Crippen molar-refractivity contribution in [1.82, 2.24) is 0 Å². The predicted molar refractivity (Wildman–Crippen MR) is 76.8 cm³/mol. The molecule has 0 fully saturated rings. The van der Waals surface area contributed by atoms with Gasteiger partial charge in [0.25, 0.3) is 0 Å². The van der Waals surface area contributed by atoms with Crippen LogP contribution in [0.1, 0.15) is 17.7 Å². The summed E-state index contributed by atoms with van der Waals surface area (Å²) in [6.07, 6.45) is 0. The summed E-state index contributed by atoms with van der Waals surface area (Å²) in [6.45, 7) is 2.08. The molecule has 1 aromatic carbocycles. The third-order valence-corrected chi connectivity index (χ3v) is 4.95. The number of halogens is 2. The number of nitrogens with zero attached hydrogens (tertiary/aromatic N) is 1. The Labute approximate surface area is 113 Å². The van der Waals surface area contributed by atoms with E-state index in [9.17, 15) is 0 Å². The third kappa shape index (κ3) is 1.82. The van der Waals surface area contributed by atoms with E-state index < -0.39 is 0 Å². The maximum atomic E-state index is 6.22. The fourth-order valence-electron chi connectivity index (χ4n) is 1.99. The molecular formula is C12H10Cl2N2S. The maximum Gasteiger partial charge on any atom is 0.197 e. The smallest absolute Gasteiger partial charge is 0.197 e. The molecule has 2 atom stereocenters. The Morgan fingerprint density at radius 2 is 2.12 bits per heavy atom. The van der Waals surface area contributed by atoms with Crippen LogP contribution in [0.15, 0.2) is 29.3 Å². The van der Waals surface area contributed by atoms with Gasteiger partial charge in [-0.15, -0.1) is 11.3 Å². The number of amidine groups is 1. The second kappa shape index (κ2) is 4.16. The Morgan fingerprint density at radius 1 is 1.35 bits per heavy atom. The number of rotatable bonds is 0. The first-order valence-electron chi connectivity index (χ1n) is 5.32. The number of thiophene rings is 1. The molecule has 0 bridgehead atoms. The number of aliphatic imine (C=N–C) groups is 1. The summed E-state index contributed by atoms with van der Waals surface area (Å²) in [4.78, 5) is 5.41. The Morgan fingerprint density at radius 3 is 2.94 bits per heavy atom. The first kappa shape index (κ1) is 11.3. The van der Waals surface area contributed by atoms with Crippen molar-refractivity contribution < 1.29 is 0 Å². The second-order valence-electron chi connectivity index (χ2n) is 4.04. The zero-order valence-electron chi connectivity index (χ0n) is 9.08. The molecule has 0 aliphatic carbocycles. The van der Waals surface area contributed by atoms with Crippen molar-refractivity contribution in [2.24, 2.45) is 4.99 Å². The lowest BCUT2D eigenvalue weighted by Crippen LogP contribution is -2.05. The van der Waals surface area contributed by atoms with Crippen LogP contribution in [0.4, 0.5) is 5.69 Å². The zero-order valence-corrected chi connectivity index (χ0v) is 11.4. The highest BCUT2D eigenvalue weighted by Crippen LogP contribution is 2.43. The van der Waals surface area contributed by atoms with E-state index in [0.717, 1.165) is 5.69 Å². The zero-order chi connectivity index (χ0) is 12.0. The van der Waals surface area contributed by atoms with Crippen molar-refractivity contribution in [3.8, 4) is 0 Å². The summed E-state index contributed by atoms with van der Waals surface area (Å²) in [5.74, 6) is 0.160. The molecule has 0 spiro atoms. The van der Waals surface area contributed by atoms with Crippen LogP contribution in [0.25, 0.3) is 10.1 Å². The van der Waals surface area contributed by atoms with Crippen LogP contribution in [-0.4, -0.2) is 10.8 Å². The van der Waals surface area contributed by atoms with Crippen molar-refractivity contribution >= 4 is 55.6 Å². The lowest BCUT2D eigenvalue weighted by molar-refractivity contribution is 0.741. The molecule has 5 heteroatoms. The largest absolute Gasteiger partial charge is 0.329 e. The van der Waals surface area contributed by atoms with Gasteiger partial charge in [-0.1, -0.05) is 36.7 Å². The number of benzene rings is 1. The first-order chi connectivity index (χ1) is 8.16. The molecule has 1 aliphatic rings. The van der Waals surface area contributed by atoms with Gasteiger partial charge < -0.3 is 5.32 Å². The van der Waals surface area contributed by atoms with Crippen LogP contribution < -0.4 is 5.32 Å². The Hall–Kier alpha value is -0.770. The van der Waals surface area contributed by atoms with E-state index in [-0.39, 0.29) is 11.4 Å². The van der Waals surface area contributed by atoms with E-state index in [1.807, 2.05) is 12.1 Å². The number of fused-ring (bicyclic) bond motifs is 3. The van der Waals surface area contributed by atoms with Gasteiger partial charge in [-0.05, 0) is 17.7 Å². The van der Waals surface area contributed by atoms with Gasteiger partial charge >= 0.3 is 0 Å². The molecule has 1 N–H and O–H groups in total. The van der Waals surface area contributed by atoms with Gasteiger partial charge in [0.2, 0.25) is 0 Å². The number of alkyl halides is 1. The van der Waals surface area contributed by atoms with Gasteiger partial charge in [-0.2, -0.15) is 0 Å². The lowest BCUT2D eigenvalue weighted by Gasteiger charge is -2.10. The van der Waals surface area contributed by atoms with E-state index in [1.165, 1.54) is 15.0 Å². The van der Waals surface area contributed by atoms with Gasteiger partial charge in [0, 0.05) is 20.9 Å². The highest BCUT2D eigenvalue weighted by molar-refractivity contribution is 7.20. The summed E-state index contributed by atoms with van der Waals surface area (Å²) in [7, 11) is 0. The van der Waals surface area contributed by atoms with Crippen molar-refractivity contribution in [2.45, 2.75) is 18.3 Å². The summed E-state index contributed by atoms with van der Waals surface area (Å²) in [5.41, 5.74) is 0.735. The minimum atomic E-state index is -0.315. The van der Waals surface area contributed by atoms with E-state index in [0.29, 0.717) is 5.29 Å². The van der Waals surface area contributed by atoms with Crippen molar-refractivity contribution in [1.29, 1.82) is 0 Å². The molecule has 0 radical (unpaired) electrons. The molecule has 2 nitrogen and oxygen atoms in total. The minimum Gasteiger partial charge on any atom is -0.329 e. The molecule has 2 heterocycles. The van der Waals surface area contributed by atoms with E-state index >= 15 is 0 Å². The summed E-state index contributed by atoms with van der Waals surface area (Å²) in [5, 5.41) is 4.69. The molecule has 1 aliphatic heterocycles. The summed E-state index contributed by atoms with van der Waals surface area (Å²) >= 11 is 14.0. The molecule has 88 valence electrons. The van der Waals surface area contributed by atoms with E-state index in [2.05, 4.69) is 29.4 Å². The molecule has 2 unspecified atom stereocenters. The van der Waals surface area contributed by atoms with Crippen molar-refractivity contribution in [2.75, 3.05) is 5.32 Å². The average molecular weight is 285 g/mol. The van der Waals surface area contributed by atoms with Gasteiger partial charge in [-0.3, -0.25) is 0 Å². The lowest BCUT2D eigenvalue weighted by atomic mass is 10.1. The topological polar surface area (TPSA) is 24.4 Å². The fraction of sp³-hybridized carbons (Fsp3) is 0.250. The maximum absolute atomic E-state index is 6.22. The number of nitrogens with one attached hydrogen (secondary N) is 1. The molecule has 2 aromatic rings. The van der Waals surface area contributed by atoms with Crippen LogP contribution in [-0.2, 0) is 0 Å². The van der Waals surface area contributed by atoms with Crippen LogP contribution in [0.2, 0.25) is 0 Å². The van der Waals surface area contributed by atoms with E-state index in [1.54, 1.807) is 11.3 Å². The summed E-state index contributed by atoms with van der Waals surface area (Å²) in [6, 6.07) is 8.26. The Kier molecular flexibility index (Phi) is 2.77. The first-order valence-corrected chi connectivity index (χ1v) is 6.95. The van der Waals surface area contributed by atoms with Gasteiger partial charge in [0.05, 0.1) is 5.69 Å². The third-order valence-electron chi connectivity index (χ3n) is 2.91. The molecule has 3 rings (SSSR count). The quantitative estimate of drug-likeness (QED) is 0.555. The van der Waals surface area contributed by atoms with Gasteiger partial charge in [-0.25, -0.2) is 4.99 Å². The highest BCUT2D eigenvalue weighted by Gasteiger charge is 2.26. The van der Waals surface area contributed by atoms with Crippen LogP contribution in [0.5, 0.6) is 0 Å². The molecule has 1 aromatic heterocycles. The number of anilines is 1. The molecule has 17 heavy (non-hydrogen) atoms. The Balaban J connectivity index is 2.28. The van der Waals surface area contributed by atoms with E-state index in [4.69, 9.17) is 23.2 Å². The molecule has 0 saturated heterocycles. The van der Waals surface area contributed by atoms with Crippen molar-refractivity contribution in [3.63, 3.8) is 0 Å². The molecular weight excluding hydrogens is 275 g/mol. The second-order valence-corrected chi connectivity index (χ2v) is 5.93. The van der Waals surface area contributed by atoms with Gasteiger partial charge in [0.15, 0.2) is 5.29 Å². The van der Waals surface area contributed by atoms with Crippen LogP contribution in [0.3, 0.4) is 0 Å². The van der Waals surface area contributed by atoms with Crippen LogP contribution >= 0.6 is 34.5 Å². The normalized spacial score (nSPS) is 23.8. The average Bonchev–Trinajstić information content (AvgIpc) is 2.62. The fourth-order valence-corrected chi connectivity index (χ4v) is 3.78. The minimum absolute atomic E-state index is 0.160. The number of hydrogen-bond donors (Lipinski definition) is 1. The predicted octanol–water partition coefficient (Wildman–Crippen LogP) is 4.59. The standard InChI is InChI=1S/C12H10Cl2N2S/c1-6-10-9(15-12(14)16-11(6)13)7-4-2-3-5-8(7)17-10/h2-6,11H,1H3,(H,15,16). The SMILES string of the molecule is CC1c2sc3ccccc3c2NC(Cl)=NC1Cl. The number of hydrogen-bond acceptors (Lipinski definition) is 3. The van der Waals surface area contributed by atoms with Gasteiger partial charge in [0.1, 0.15) is 5.50 Å². The molecule has 0 amide bonds. The monoisotopic (exact) mass is 284 g/mol. The highest BCUT2D eigenvalue weighted by atomic mass is 35.5. The van der Waals surface area contributed by atoms with Crippen molar-refractivity contribution in [3.05, 3.63) is 29.1 Å².